The number of nitrogens with two attached hydrogens (primary N) is 1. The molecule has 1 saturated heterocycles. The molecular formula is C21H28ClN5O. The van der Waals surface area contributed by atoms with Crippen LogP contribution in [0.1, 0.15) is 11.1 Å². The van der Waals surface area contributed by atoms with Gasteiger partial charge in [-0.05, 0) is 36.4 Å². The lowest BCUT2D eigenvalue weighted by atomic mass is 10.1. The van der Waals surface area contributed by atoms with E-state index in [1.807, 2.05) is 6.07 Å². The summed E-state index contributed by atoms with van der Waals surface area (Å²) in [6, 6.07) is 14.0. The van der Waals surface area contributed by atoms with Crippen molar-refractivity contribution in [3.8, 4) is 5.75 Å². The minimum Gasteiger partial charge on any atom is -0.495 e. The molecule has 1 heterocycles. The number of guanidine groups is 1. The highest BCUT2D eigenvalue weighted by atomic mass is 35.5. The third-order valence-corrected chi connectivity index (χ3v) is 5.18. The van der Waals surface area contributed by atoms with Crippen molar-refractivity contribution in [1.82, 2.24) is 9.80 Å². The number of rotatable bonds is 6. The van der Waals surface area contributed by atoms with Gasteiger partial charge in [-0.1, -0.05) is 35.9 Å². The zero-order valence-corrected chi connectivity index (χ0v) is 17.2. The number of anilines is 1. The van der Waals surface area contributed by atoms with Crippen LogP contribution in [-0.4, -0.2) is 56.1 Å². The Hall–Kier alpha value is -2.28. The molecule has 3 N–H and O–H groups in total. The van der Waals surface area contributed by atoms with Crippen molar-refractivity contribution < 1.29 is 4.74 Å². The topological polar surface area (TPSA) is 66.1 Å². The molecule has 1 fully saturated rings. The molecule has 0 aromatic heterocycles. The molecule has 0 unspecified atom stereocenters. The smallest absolute Gasteiger partial charge is 0.193 e. The first-order valence-corrected chi connectivity index (χ1v) is 9.80. The Balaban J connectivity index is 1.51. The number of aliphatic imine (C=N–C) groups is 1. The lowest BCUT2D eigenvalue weighted by Gasteiger charge is -2.32. The molecule has 0 spiro atoms. The number of likely N-dealkylation sites (N-methyl/N-ethyl adjacent to an activating group) is 1. The quantitative estimate of drug-likeness (QED) is 0.575. The van der Waals surface area contributed by atoms with E-state index in [1.54, 1.807) is 19.2 Å². The number of hydrogen-bond donors (Lipinski definition) is 2. The van der Waals surface area contributed by atoms with Crippen LogP contribution in [0.25, 0.3) is 0 Å². The van der Waals surface area contributed by atoms with Crippen LogP contribution >= 0.6 is 11.6 Å². The molecule has 1 aliphatic rings. The molecule has 0 amide bonds. The lowest BCUT2D eigenvalue weighted by Crippen LogP contribution is -2.43. The van der Waals surface area contributed by atoms with Crippen molar-refractivity contribution in [2.24, 2.45) is 10.7 Å². The normalized spacial score (nSPS) is 16.2. The van der Waals surface area contributed by atoms with Crippen molar-refractivity contribution in [2.45, 2.75) is 13.1 Å². The maximum Gasteiger partial charge on any atom is 0.193 e. The molecule has 0 atom stereocenters. The minimum atomic E-state index is 0.350. The first-order valence-electron chi connectivity index (χ1n) is 9.42. The monoisotopic (exact) mass is 401 g/mol. The highest BCUT2D eigenvalue weighted by molar-refractivity contribution is 6.32. The predicted molar refractivity (Wildman–Crippen MR) is 116 cm³/mol. The number of nitrogens with one attached hydrogen (secondary N) is 1. The molecule has 0 bridgehead atoms. The summed E-state index contributed by atoms with van der Waals surface area (Å²) in [7, 11) is 3.76. The number of hydrogen-bond acceptors (Lipinski definition) is 4. The van der Waals surface area contributed by atoms with Gasteiger partial charge in [-0.15, -0.1) is 0 Å². The highest BCUT2D eigenvalue weighted by Crippen LogP contribution is 2.27. The minimum absolute atomic E-state index is 0.350. The van der Waals surface area contributed by atoms with E-state index >= 15 is 0 Å². The van der Waals surface area contributed by atoms with E-state index in [9.17, 15) is 0 Å². The number of nitrogens with zero attached hydrogens (tertiary/aromatic N) is 3. The molecule has 28 heavy (non-hydrogen) atoms. The summed E-state index contributed by atoms with van der Waals surface area (Å²) >= 11 is 6.13. The van der Waals surface area contributed by atoms with Gasteiger partial charge in [-0.2, -0.15) is 0 Å². The standard InChI is InChI=1S/C21H28ClN5O/c1-26-9-11-27(12-10-26)15-17-5-3-16(4-6-17)14-24-21(23)25-18-7-8-20(28-2)19(22)13-18/h3-8,13H,9-12,14-15H2,1-2H3,(H3,23,24,25). The molecule has 1 aliphatic heterocycles. The van der Waals surface area contributed by atoms with Crippen molar-refractivity contribution in [3.63, 3.8) is 0 Å². The Bertz CT molecular complexity index is 801. The van der Waals surface area contributed by atoms with Crippen molar-refractivity contribution in [3.05, 3.63) is 58.6 Å². The summed E-state index contributed by atoms with van der Waals surface area (Å²) in [5, 5.41) is 3.57. The fraction of sp³-hybridized carbons (Fsp3) is 0.381. The third kappa shape index (κ3) is 5.86. The Labute approximate surface area is 171 Å². The Kier molecular flexibility index (Phi) is 7.14. The summed E-state index contributed by atoms with van der Waals surface area (Å²) < 4.78 is 5.15. The molecular weight excluding hydrogens is 374 g/mol. The van der Waals surface area contributed by atoms with Crippen LogP contribution in [0.3, 0.4) is 0 Å². The van der Waals surface area contributed by atoms with E-state index in [0.29, 0.717) is 23.3 Å². The van der Waals surface area contributed by atoms with Crippen LogP contribution in [0.5, 0.6) is 5.75 Å². The number of methoxy groups -OCH3 is 1. The second kappa shape index (κ2) is 9.78. The molecule has 7 heteroatoms. The number of halogens is 1. The van der Waals surface area contributed by atoms with Crippen LogP contribution in [-0.2, 0) is 13.1 Å². The van der Waals surface area contributed by atoms with E-state index in [4.69, 9.17) is 22.1 Å². The van der Waals surface area contributed by atoms with Gasteiger partial charge in [0, 0.05) is 38.4 Å². The highest BCUT2D eigenvalue weighted by Gasteiger charge is 2.13. The van der Waals surface area contributed by atoms with Crippen LogP contribution in [0, 0.1) is 0 Å². The molecule has 150 valence electrons. The van der Waals surface area contributed by atoms with Gasteiger partial charge in [0.25, 0.3) is 0 Å². The summed E-state index contributed by atoms with van der Waals surface area (Å²) in [5.74, 6) is 0.974. The maximum absolute atomic E-state index is 6.13. The third-order valence-electron chi connectivity index (χ3n) is 4.88. The molecule has 2 aromatic rings. The average molecular weight is 402 g/mol. The lowest BCUT2D eigenvalue weighted by molar-refractivity contribution is 0.148. The zero-order chi connectivity index (χ0) is 19.9. The first kappa shape index (κ1) is 20.5. The van der Waals surface area contributed by atoms with Crippen molar-refractivity contribution in [1.29, 1.82) is 0 Å². The van der Waals surface area contributed by atoms with E-state index in [0.717, 1.165) is 44.0 Å². The van der Waals surface area contributed by atoms with Crippen LogP contribution in [0.2, 0.25) is 5.02 Å². The van der Waals surface area contributed by atoms with Gasteiger partial charge in [0.15, 0.2) is 5.96 Å². The van der Waals surface area contributed by atoms with E-state index < -0.39 is 0 Å². The largest absolute Gasteiger partial charge is 0.495 e. The maximum atomic E-state index is 6.13. The summed E-state index contributed by atoms with van der Waals surface area (Å²) in [5.41, 5.74) is 9.22. The predicted octanol–water partition coefficient (Wildman–Crippen LogP) is 3.02. The first-order chi connectivity index (χ1) is 13.5. The number of piperazine rings is 1. The number of ether oxygens (including phenoxy) is 1. The fourth-order valence-corrected chi connectivity index (χ4v) is 3.38. The summed E-state index contributed by atoms with van der Waals surface area (Å²) in [6.45, 7) is 6.05. The van der Waals surface area contributed by atoms with Gasteiger partial charge in [0.1, 0.15) is 5.75 Å². The van der Waals surface area contributed by atoms with Crippen LogP contribution < -0.4 is 15.8 Å². The second-order valence-electron chi connectivity index (χ2n) is 7.07. The van der Waals surface area contributed by atoms with Gasteiger partial charge in [0.2, 0.25) is 0 Å². The molecule has 0 saturated carbocycles. The summed E-state index contributed by atoms with van der Waals surface area (Å²) in [4.78, 5) is 9.27. The fourth-order valence-electron chi connectivity index (χ4n) is 3.12. The van der Waals surface area contributed by atoms with E-state index in [1.165, 1.54) is 5.56 Å². The van der Waals surface area contributed by atoms with E-state index in [-0.39, 0.29) is 0 Å². The molecule has 0 aliphatic carbocycles. The molecule has 0 radical (unpaired) electrons. The SMILES string of the molecule is COc1ccc(NC(N)=NCc2ccc(CN3CCN(C)CC3)cc2)cc1Cl. The molecule has 2 aromatic carbocycles. The van der Waals surface area contributed by atoms with Gasteiger partial charge in [0.05, 0.1) is 18.7 Å². The van der Waals surface area contributed by atoms with Crippen LogP contribution in [0.15, 0.2) is 47.5 Å². The van der Waals surface area contributed by atoms with Gasteiger partial charge in [-0.25, -0.2) is 4.99 Å². The zero-order valence-electron chi connectivity index (χ0n) is 16.5. The van der Waals surface area contributed by atoms with Gasteiger partial charge < -0.3 is 20.7 Å². The Morgan fingerprint density at radius 2 is 1.79 bits per heavy atom. The van der Waals surface area contributed by atoms with Gasteiger partial charge >= 0.3 is 0 Å². The average Bonchev–Trinajstić information content (AvgIpc) is 2.69. The molecule has 6 nitrogen and oxygen atoms in total. The van der Waals surface area contributed by atoms with Gasteiger partial charge in [-0.3, -0.25) is 4.90 Å². The van der Waals surface area contributed by atoms with Crippen LogP contribution in [0.4, 0.5) is 5.69 Å². The van der Waals surface area contributed by atoms with E-state index in [2.05, 4.69) is 51.4 Å². The van der Waals surface area contributed by atoms with Crippen molar-refractivity contribution in [2.75, 3.05) is 45.7 Å². The van der Waals surface area contributed by atoms with Crippen molar-refractivity contribution >= 4 is 23.2 Å². The Morgan fingerprint density at radius 3 is 2.43 bits per heavy atom. The number of benzene rings is 2. The second-order valence-corrected chi connectivity index (χ2v) is 7.48. The Morgan fingerprint density at radius 1 is 1.11 bits per heavy atom. The summed E-state index contributed by atoms with van der Waals surface area (Å²) in [6.07, 6.45) is 0. The molecule has 3 rings (SSSR count).